The quantitative estimate of drug-likeness (QED) is 0.474. The van der Waals surface area contributed by atoms with Gasteiger partial charge in [0.2, 0.25) is 5.91 Å². The highest BCUT2D eigenvalue weighted by atomic mass is 16.6. The van der Waals surface area contributed by atoms with Crippen LogP contribution in [0.2, 0.25) is 0 Å². The highest BCUT2D eigenvalue weighted by molar-refractivity contribution is 5.92. The van der Waals surface area contributed by atoms with Crippen LogP contribution in [0.1, 0.15) is 11.1 Å². The van der Waals surface area contributed by atoms with Crippen LogP contribution in [0.3, 0.4) is 0 Å². The largest absolute Gasteiger partial charge is 0.368 e. The first-order valence-electron chi connectivity index (χ1n) is 8.54. The number of anilines is 1. The third kappa shape index (κ3) is 4.30. The summed E-state index contributed by atoms with van der Waals surface area (Å²) in [5, 5.41) is 19.9. The van der Waals surface area contributed by atoms with Crippen molar-refractivity contribution < 1.29 is 9.72 Å². The van der Waals surface area contributed by atoms with E-state index in [9.17, 15) is 14.9 Å². The molecule has 0 radical (unpaired) electrons. The summed E-state index contributed by atoms with van der Waals surface area (Å²) in [5.74, 6) is -0.160. The predicted octanol–water partition coefficient (Wildman–Crippen LogP) is 2.83. The summed E-state index contributed by atoms with van der Waals surface area (Å²) in [5.41, 5.74) is 2.03. The van der Waals surface area contributed by atoms with Crippen LogP contribution in [-0.4, -0.2) is 41.9 Å². The highest BCUT2D eigenvalue weighted by Gasteiger charge is 2.20. The molecule has 0 aliphatic carbocycles. The Hall–Kier alpha value is -3.66. The maximum absolute atomic E-state index is 12.4. The van der Waals surface area contributed by atoms with Gasteiger partial charge in [-0.05, 0) is 36.4 Å². The Morgan fingerprint density at radius 2 is 1.74 bits per heavy atom. The summed E-state index contributed by atoms with van der Waals surface area (Å²) in [6, 6.07) is 15.8. The van der Waals surface area contributed by atoms with Gasteiger partial charge in [0.15, 0.2) is 0 Å². The van der Waals surface area contributed by atoms with E-state index in [0.717, 1.165) is 5.69 Å². The van der Waals surface area contributed by atoms with Gasteiger partial charge in [-0.2, -0.15) is 5.26 Å². The van der Waals surface area contributed by atoms with E-state index < -0.39 is 4.92 Å². The number of carbonyl (C=O) groups excluding carboxylic acids is 1. The summed E-state index contributed by atoms with van der Waals surface area (Å²) in [4.78, 5) is 26.9. The van der Waals surface area contributed by atoms with E-state index in [0.29, 0.717) is 37.3 Å². The van der Waals surface area contributed by atoms with E-state index >= 15 is 0 Å². The van der Waals surface area contributed by atoms with Gasteiger partial charge in [0.1, 0.15) is 0 Å². The van der Waals surface area contributed by atoms with Gasteiger partial charge in [-0.1, -0.05) is 12.1 Å². The smallest absolute Gasteiger partial charge is 0.276 e. The van der Waals surface area contributed by atoms with Gasteiger partial charge in [-0.15, -0.1) is 0 Å². The van der Waals surface area contributed by atoms with Gasteiger partial charge in [0, 0.05) is 44.0 Å². The molecule has 1 saturated heterocycles. The van der Waals surface area contributed by atoms with E-state index in [4.69, 9.17) is 5.26 Å². The molecule has 1 aliphatic rings. The molecule has 1 fully saturated rings. The zero-order valence-corrected chi connectivity index (χ0v) is 14.6. The van der Waals surface area contributed by atoms with Crippen molar-refractivity contribution in [2.75, 3.05) is 31.1 Å². The molecule has 1 amide bonds. The molecule has 2 aromatic carbocycles. The lowest BCUT2D eigenvalue weighted by atomic mass is 10.1. The van der Waals surface area contributed by atoms with Crippen molar-refractivity contribution in [1.29, 1.82) is 5.26 Å². The Kier molecular flexibility index (Phi) is 5.47. The normalized spacial score (nSPS) is 14.2. The lowest BCUT2D eigenvalue weighted by molar-refractivity contribution is -0.385. The van der Waals surface area contributed by atoms with Gasteiger partial charge >= 0.3 is 0 Å². The number of hydrogen-bond donors (Lipinski definition) is 0. The van der Waals surface area contributed by atoms with Gasteiger partial charge in [-0.3, -0.25) is 14.9 Å². The molecular formula is C20H18N4O3. The SMILES string of the molecule is N#Cc1ccc(N2CCN(C(=O)/C=C/c3ccccc3[N+](=O)[O-])CC2)cc1. The molecule has 2 aromatic rings. The van der Waals surface area contributed by atoms with E-state index in [2.05, 4.69) is 11.0 Å². The van der Waals surface area contributed by atoms with Crippen molar-refractivity contribution in [2.45, 2.75) is 0 Å². The third-order valence-corrected chi connectivity index (χ3v) is 4.49. The van der Waals surface area contributed by atoms with Crippen LogP contribution >= 0.6 is 0 Å². The second-order valence-corrected chi connectivity index (χ2v) is 6.12. The molecule has 0 atom stereocenters. The molecule has 0 N–H and O–H groups in total. The fraction of sp³-hybridized carbons (Fsp3) is 0.200. The number of nitro groups is 1. The molecule has 27 heavy (non-hydrogen) atoms. The summed E-state index contributed by atoms with van der Waals surface area (Å²) in [7, 11) is 0. The first-order chi connectivity index (χ1) is 13.1. The van der Waals surface area contributed by atoms with Gasteiger partial charge in [-0.25, -0.2) is 0 Å². The van der Waals surface area contributed by atoms with Gasteiger partial charge in [0.25, 0.3) is 5.69 Å². The number of rotatable bonds is 4. The highest BCUT2D eigenvalue weighted by Crippen LogP contribution is 2.20. The summed E-state index contributed by atoms with van der Waals surface area (Å²) >= 11 is 0. The average molecular weight is 362 g/mol. The molecule has 1 heterocycles. The van der Waals surface area contributed by atoms with E-state index in [1.807, 2.05) is 12.1 Å². The predicted molar refractivity (Wildman–Crippen MR) is 102 cm³/mol. The Balaban J connectivity index is 1.60. The van der Waals surface area contributed by atoms with Crippen LogP contribution in [0.4, 0.5) is 11.4 Å². The summed E-state index contributed by atoms with van der Waals surface area (Å²) in [6.07, 6.45) is 2.88. The molecule has 1 aliphatic heterocycles. The Morgan fingerprint density at radius 3 is 2.37 bits per heavy atom. The first-order valence-corrected chi connectivity index (χ1v) is 8.54. The average Bonchev–Trinajstić information content (AvgIpc) is 2.72. The number of nitrogens with zero attached hydrogens (tertiary/aromatic N) is 4. The molecule has 0 aromatic heterocycles. The number of carbonyl (C=O) groups is 1. The molecule has 0 bridgehead atoms. The van der Waals surface area contributed by atoms with Crippen LogP contribution in [0.15, 0.2) is 54.6 Å². The monoisotopic (exact) mass is 362 g/mol. The summed E-state index contributed by atoms with van der Waals surface area (Å²) < 4.78 is 0. The minimum Gasteiger partial charge on any atom is -0.368 e. The molecule has 0 spiro atoms. The second-order valence-electron chi connectivity index (χ2n) is 6.12. The Morgan fingerprint density at radius 1 is 1.07 bits per heavy atom. The van der Waals surface area contributed by atoms with E-state index in [1.54, 1.807) is 35.2 Å². The number of para-hydroxylation sites is 1. The van der Waals surface area contributed by atoms with Gasteiger partial charge < -0.3 is 9.80 Å². The molecule has 0 saturated carbocycles. The molecular weight excluding hydrogens is 344 g/mol. The number of piperazine rings is 1. The maximum Gasteiger partial charge on any atom is 0.276 e. The number of nitriles is 1. The maximum atomic E-state index is 12.4. The fourth-order valence-corrected chi connectivity index (χ4v) is 2.99. The fourth-order valence-electron chi connectivity index (χ4n) is 2.99. The van der Waals surface area contributed by atoms with Crippen molar-refractivity contribution in [2.24, 2.45) is 0 Å². The van der Waals surface area contributed by atoms with Crippen LogP contribution in [0.25, 0.3) is 6.08 Å². The van der Waals surface area contributed by atoms with E-state index in [1.165, 1.54) is 18.2 Å². The third-order valence-electron chi connectivity index (χ3n) is 4.49. The lowest BCUT2D eigenvalue weighted by Crippen LogP contribution is -2.48. The van der Waals surface area contributed by atoms with Crippen molar-refractivity contribution in [3.8, 4) is 6.07 Å². The van der Waals surface area contributed by atoms with Crippen LogP contribution in [0, 0.1) is 21.4 Å². The lowest BCUT2D eigenvalue weighted by Gasteiger charge is -2.35. The zero-order chi connectivity index (χ0) is 19.2. The molecule has 136 valence electrons. The number of benzene rings is 2. The van der Waals surface area contributed by atoms with Crippen LogP contribution < -0.4 is 4.90 Å². The van der Waals surface area contributed by atoms with E-state index in [-0.39, 0.29) is 11.6 Å². The molecule has 7 heteroatoms. The standard InChI is InChI=1S/C20H18N4O3/c21-15-16-5-8-18(9-6-16)22-11-13-23(14-12-22)20(25)10-7-17-3-1-2-4-19(17)24(26)27/h1-10H,11-14H2/b10-7+. The minimum atomic E-state index is -0.458. The number of hydrogen-bond acceptors (Lipinski definition) is 5. The summed E-state index contributed by atoms with van der Waals surface area (Å²) in [6.45, 7) is 2.52. The molecule has 3 rings (SSSR count). The van der Waals surface area contributed by atoms with Crippen molar-refractivity contribution >= 4 is 23.4 Å². The topological polar surface area (TPSA) is 90.5 Å². The van der Waals surface area contributed by atoms with Crippen LogP contribution in [0.5, 0.6) is 0 Å². The van der Waals surface area contributed by atoms with Crippen molar-refractivity contribution in [3.05, 3.63) is 75.8 Å². The first kappa shape index (κ1) is 18.1. The zero-order valence-electron chi connectivity index (χ0n) is 14.6. The van der Waals surface area contributed by atoms with Gasteiger partial charge in [0.05, 0.1) is 22.1 Å². The Bertz CT molecular complexity index is 908. The van der Waals surface area contributed by atoms with Crippen molar-refractivity contribution in [3.63, 3.8) is 0 Å². The van der Waals surface area contributed by atoms with Crippen molar-refractivity contribution in [1.82, 2.24) is 4.90 Å². The number of nitro benzene ring substituents is 1. The van der Waals surface area contributed by atoms with Crippen LogP contribution in [-0.2, 0) is 4.79 Å². The Labute approximate surface area is 156 Å². The second kappa shape index (κ2) is 8.15. The molecule has 0 unspecified atom stereocenters. The minimum absolute atomic E-state index is 0.0211. The number of amides is 1. The molecule has 7 nitrogen and oxygen atoms in total.